The number of morpholine rings is 1. The second-order valence-electron chi connectivity index (χ2n) is 7.25. The molecule has 2 aliphatic heterocycles. The monoisotopic (exact) mass is 502 g/mol. The minimum absolute atomic E-state index is 0. The fourth-order valence-corrected chi connectivity index (χ4v) is 3.84. The van der Waals surface area contributed by atoms with Gasteiger partial charge >= 0.3 is 0 Å². The van der Waals surface area contributed by atoms with E-state index in [0.29, 0.717) is 6.10 Å². The van der Waals surface area contributed by atoms with E-state index in [0.717, 1.165) is 77.9 Å². The van der Waals surface area contributed by atoms with E-state index in [4.69, 9.17) is 9.47 Å². The van der Waals surface area contributed by atoms with Crippen LogP contribution in [0.15, 0.2) is 29.3 Å². The highest BCUT2D eigenvalue weighted by atomic mass is 127. The van der Waals surface area contributed by atoms with E-state index in [1.165, 1.54) is 11.1 Å². The van der Waals surface area contributed by atoms with Crippen molar-refractivity contribution in [1.29, 1.82) is 0 Å². The Balaban J connectivity index is 0.00000280. The number of aliphatic imine (C=N–C) groups is 1. The summed E-state index contributed by atoms with van der Waals surface area (Å²) in [6.45, 7) is 10.4. The Hall–Kier alpha value is -0.900. The average Bonchev–Trinajstić information content (AvgIpc) is 2.71. The van der Waals surface area contributed by atoms with Gasteiger partial charge in [0.15, 0.2) is 5.96 Å². The zero-order valence-electron chi connectivity index (χ0n) is 17.2. The average molecular weight is 502 g/mol. The molecule has 0 saturated carbocycles. The van der Waals surface area contributed by atoms with Crippen LogP contribution in [0.4, 0.5) is 0 Å². The summed E-state index contributed by atoms with van der Waals surface area (Å²) in [4.78, 5) is 9.28. The summed E-state index contributed by atoms with van der Waals surface area (Å²) < 4.78 is 11.2. The summed E-state index contributed by atoms with van der Waals surface area (Å²) >= 11 is 0. The number of nitrogens with zero attached hydrogens (tertiary/aromatic N) is 3. The van der Waals surface area contributed by atoms with E-state index in [1.54, 1.807) is 0 Å². The van der Waals surface area contributed by atoms with E-state index in [9.17, 15) is 0 Å². The maximum absolute atomic E-state index is 5.75. The van der Waals surface area contributed by atoms with Crippen molar-refractivity contribution in [3.05, 3.63) is 35.4 Å². The molecule has 0 spiro atoms. The van der Waals surface area contributed by atoms with Crippen molar-refractivity contribution in [3.8, 4) is 0 Å². The van der Waals surface area contributed by atoms with Crippen LogP contribution in [0.2, 0.25) is 0 Å². The molecule has 0 aliphatic carbocycles. The van der Waals surface area contributed by atoms with Crippen LogP contribution in [0, 0.1) is 0 Å². The minimum Gasteiger partial charge on any atom is -0.379 e. The first-order valence-corrected chi connectivity index (χ1v) is 10.2. The van der Waals surface area contributed by atoms with Crippen LogP contribution < -0.4 is 5.32 Å². The highest BCUT2D eigenvalue weighted by molar-refractivity contribution is 14.0. The van der Waals surface area contributed by atoms with Gasteiger partial charge in [-0.15, -0.1) is 24.0 Å². The Morgan fingerprint density at radius 2 is 1.89 bits per heavy atom. The van der Waals surface area contributed by atoms with Crippen molar-refractivity contribution < 1.29 is 9.47 Å². The van der Waals surface area contributed by atoms with Gasteiger partial charge < -0.3 is 19.7 Å². The predicted octanol–water partition coefficient (Wildman–Crippen LogP) is 2.71. The molecule has 0 radical (unpaired) electrons. The fraction of sp³-hybridized carbons (Fsp3) is 0.667. The number of nitrogens with one attached hydrogen (secondary N) is 1. The van der Waals surface area contributed by atoms with Crippen LogP contribution in [0.25, 0.3) is 0 Å². The van der Waals surface area contributed by atoms with Crippen molar-refractivity contribution in [2.75, 3.05) is 53.0 Å². The third-order valence-electron chi connectivity index (χ3n) is 5.31. The molecule has 6 nitrogen and oxygen atoms in total. The maximum Gasteiger partial charge on any atom is 0.193 e. The molecule has 1 aromatic carbocycles. The summed E-state index contributed by atoms with van der Waals surface area (Å²) in [6, 6.07) is 8.86. The van der Waals surface area contributed by atoms with Crippen molar-refractivity contribution >= 4 is 29.9 Å². The van der Waals surface area contributed by atoms with Crippen molar-refractivity contribution in [2.24, 2.45) is 4.99 Å². The Labute approximate surface area is 186 Å². The van der Waals surface area contributed by atoms with E-state index in [1.807, 2.05) is 7.05 Å². The summed E-state index contributed by atoms with van der Waals surface area (Å²) in [5.74, 6) is 0.989. The molecule has 0 aromatic heterocycles. The molecule has 0 unspecified atom stereocenters. The molecular weight excluding hydrogens is 467 g/mol. The number of rotatable bonds is 6. The molecule has 3 rings (SSSR count). The van der Waals surface area contributed by atoms with E-state index >= 15 is 0 Å². The maximum atomic E-state index is 5.75. The van der Waals surface area contributed by atoms with Crippen molar-refractivity contribution in [1.82, 2.24) is 15.1 Å². The molecular formula is C21H35IN4O2. The first-order chi connectivity index (χ1) is 13.3. The Morgan fingerprint density at radius 1 is 1.18 bits per heavy atom. The molecule has 0 atom stereocenters. The van der Waals surface area contributed by atoms with Crippen LogP contribution in [-0.2, 0) is 22.6 Å². The summed E-state index contributed by atoms with van der Waals surface area (Å²) in [7, 11) is 1.87. The number of guanidine groups is 1. The van der Waals surface area contributed by atoms with Crippen LogP contribution in [0.1, 0.15) is 30.9 Å². The lowest BCUT2D eigenvalue weighted by molar-refractivity contribution is 0.0263. The molecule has 2 saturated heterocycles. The first kappa shape index (κ1) is 23.4. The lowest BCUT2D eigenvalue weighted by atomic mass is 10.1. The lowest BCUT2D eigenvalue weighted by Gasteiger charge is -2.34. The molecule has 158 valence electrons. The van der Waals surface area contributed by atoms with E-state index < -0.39 is 0 Å². The van der Waals surface area contributed by atoms with Gasteiger partial charge in [-0.05, 0) is 30.9 Å². The number of piperidine rings is 1. The van der Waals surface area contributed by atoms with Gasteiger partial charge in [0.2, 0.25) is 0 Å². The second kappa shape index (κ2) is 12.6. The zero-order chi connectivity index (χ0) is 18.9. The largest absolute Gasteiger partial charge is 0.379 e. The van der Waals surface area contributed by atoms with Gasteiger partial charge in [0, 0.05) is 52.9 Å². The van der Waals surface area contributed by atoms with Crippen LogP contribution >= 0.6 is 24.0 Å². The number of halogens is 1. The van der Waals surface area contributed by atoms with Gasteiger partial charge in [0.05, 0.1) is 19.3 Å². The molecule has 2 aliphatic rings. The number of likely N-dealkylation sites (tertiary alicyclic amines) is 1. The van der Waals surface area contributed by atoms with Gasteiger partial charge in [0.1, 0.15) is 0 Å². The number of benzene rings is 1. The molecule has 7 heteroatoms. The molecule has 0 amide bonds. The minimum atomic E-state index is 0. The number of ether oxygens (including phenoxy) is 2. The van der Waals surface area contributed by atoms with Crippen LogP contribution in [-0.4, -0.2) is 74.9 Å². The molecule has 0 bridgehead atoms. The van der Waals surface area contributed by atoms with E-state index in [-0.39, 0.29) is 24.0 Å². The highest BCUT2D eigenvalue weighted by Gasteiger charge is 2.21. The quantitative estimate of drug-likeness (QED) is 0.369. The summed E-state index contributed by atoms with van der Waals surface area (Å²) in [6.07, 6.45) is 2.55. The molecule has 2 fully saturated rings. The molecule has 2 heterocycles. The standard InChI is InChI=1S/C21H34N4O2.HI/c1-3-27-20-7-9-25(10-8-20)21(22-2)23-16-18-5-4-6-19(15-18)17-24-11-13-26-14-12-24;/h4-6,15,20H,3,7-14,16-17H2,1-2H3,(H,22,23);1H. The van der Waals surface area contributed by atoms with Gasteiger partial charge in [-0.25, -0.2) is 0 Å². The molecule has 1 aromatic rings. The third-order valence-corrected chi connectivity index (χ3v) is 5.31. The second-order valence-corrected chi connectivity index (χ2v) is 7.25. The molecule has 28 heavy (non-hydrogen) atoms. The van der Waals surface area contributed by atoms with Gasteiger partial charge in [0.25, 0.3) is 0 Å². The van der Waals surface area contributed by atoms with Gasteiger partial charge in [-0.1, -0.05) is 24.3 Å². The Morgan fingerprint density at radius 3 is 2.57 bits per heavy atom. The van der Waals surface area contributed by atoms with E-state index in [2.05, 4.69) is 51.3 Å². The Bertz CT molecular complexity index is 600. The van der Waals surface area contributed by atoms with Crippen LogP contribution in [0.5, 0.6) is 0 Å². The number of hydrogen-bond donors (Lipinski definition) is 1. The first-order valence-electron chi connectivity index (χ1n) is 10.2. The topological polar surface area (TPSA) is 49.3 Å². The SMILES string of the molecule is CCOC1CCN(C(=NC)NCc2cccc(CN3CCOCC3)c2)CC1.I. The molecule has 1 N–H and O–H groups in total. The fourth-order valence-electron chi connectivity index (χ4n) is 3.84. The van der Waals surface area contributed by atoms with Crippen LogP contribution in [0.3, 0.4) is 0 Å². The smallest absolute Gasteiger partial charge is 0.193 e. The predicted molar refractivity (Wildman–Crippen MR) is 124 cm³/mol. The van der Waals surface area contributed by atoms with Gasteiger partial charge in [-0.3, -0.25) is 9.89 Å². The van der Waals surface area contributed by atoms with Gasteiger partial charge in [-0.2, -0.15) is 0 Å². The third kappa shape index (κ3) is 7.17. The lowest BCUT2D eigenvalue weighted by Crippen LogP contribution is -2.46. The zero-order valence-corrected chi connectivity index (χ0v) is 19.6. The number of hydrogen-bond acceptors (Lipinski definition) is 4. The highest BCUT2D eigenvalue weighted by Crippen LogP contribution is 2.14. The summed E-state index contributed by atoms with van der Waals surface area (Å²) in [5.41, 5.74) is 2.66. The van der Waals surface area contributed by atoms with Crippen molar-refractivity contribution in [3.63, 3.8) is 0 Å². The normalized spacial score (nSPS) is 19.4. The summed E-state index contributed by atoms with van der Waals surface area (Å²) in [5, 5.41) is 3.53. The Kier molecular flexibility index (Phi) is 10.5. The van der Waals surface area contributed by atoms with Crippen molar-refractivity contribution in [2.45, 2.75) is 39.0 Å².